The normalized spacial score (nSPS) is 12.4. The molecule has 0 fully saturated rings. The first-order chi connectivity index (χ1) is 10.0. The average Bonchev–Trinajstić information content (AvgIpc) is 2.42. The van der Waals surface area contributed by atoms with E-state index < -0.39 is 0 Å². The van der Waals surface area contributed by atoms with Gasteiger partial charge >= 0.3 is 0 Å². The first-order valence-electron chi connectivity index (χ1n) is 6.65. The van der Waals surface area contributed by atoms with Gasteiger partial charge in [-0.15, -0.1) is 0 Å². The van der Waals surface area contributed by atoms with Crippen LogP contribution in [0, 0.1) is 11.6 Å². The molecule has 0 aromatic heterocycles. The summed E-state index contributed by atoms with van der Waals surface area (Å²) in [4.78, 5) is 0. The standard InChI is InChI=1S/C16H15BrClF2N/c1-2-5-21-16(10-6-11(17)8-13(20)7-10)14-9-12(19)3-4-15(14)18/h3-4,6-9,16,21H,2,5H2,1H3. The van der Waals surface area contributed by atoms with Crippen molar-refractivity contribution in [1.29, 1.82) is 0 Å². The lowest BCUT2D eigenvalue weighted by Crippen LogP contribution is -2.23. The van der Waals surface area contributed by atoms with Gasteiger partial charge in [0.25, 0.3) is 0 Å². The van der Waals surface area contributed by atoms with E-state index in [-0.39, 0.29) is 17.7 Å². The predicted octanol–water partition coefficient (Wildman–Crippen LogP) is 5.47. The molecule has 112 valence electrons. The summed E-state index contributed by atoms with van der Waals surface area (Å²) >= 11 is 9.47. The van der Waals surface area contributed by atoms with Gasteiger partial charge in [-0.25, -0.2) is 8.78 Å². The predicted molar refractivity (Wildman–Crippen MR) is 85.6 cm³/mol. The maximum atomic E-state index is 13.6. The fraction of sp³-hybridized carbons (Fsp3) is 0.250. The van der Waals surface area contributed by atoms with Crippen LogP contribution < -0.4 is 5.32 Å². The Bertz CT molecular complexity index is 613. The molecule has 2 aromatic carbocycles. The topological polar surface area (TPSA) is 12.0 Å². The number of benzene rings is 2. The summed E-state index contributed by atoms with van der Waals surface area (Å²) < 4.78 is 27.8. The Balaban J connectivity index is 2.49. The quantitative estimate of drug-likeness (QED) is 0.732. The summed E-state index contributed by atoms with van der Waals surface area (Å²) in [7, 11) is 0. The summed E-state index contributed by atoms with van der Waals surface area (Å²) in [6.07, 6.45) is 0.903. The second-order valence-electron chi connectivity index (χ2n) is 4.76. The molecule has 0 radical (unpaired) electrons. The molecule has 0 spiro atoms. The third-order valence-corrected chi connectivity index (χ3v) is 3.89. The lowest BCUT2D eigenvalue weighted by molar-refractivity contribution is 0.577. The van der Waals surface area contributed by atoms with Gasteiger partial charge in [0.05, 0.1) is 6.04 Å². The Morgan fingerprint density at radius 3 is 2.57 bits per heavy atom. The monoisotopic (exact) mass is 373 g/mol. The van der Waals surface area contributed by atoms with Gasteiger partial charge in [0, 0.05) is 9.50 Å². The molecular formula is C16H15BrClF2N. The maximum absolute atomic E-state index is 13.6. The van der Waals surface area contributed by atoms with Crippen LogP contribution in [0.4, 0.5) is 8.78 Å². The van der Waals surface area contributed by atoms with Crippen molar-refractivity contribution in [2.75, 3.05) is 6.54 Å². The molecule has 0 heterocycles. The Kier molecular flexibility index (Phi) is 5.73. The molecule has 21 heavy (non-hydrogen) atoms. The minimum Gasteiger partial charge on any atom is -0.306 e. The van der Waals surface area contributed by atoms with E-state index in [0.29, 0.717) is 27.2 Å². The number of rotatable bonds is 5. The molecule has 2 aromatic rings. The van der Waals surface area contributed by atoms with Crippen molar-refractivity contribution in [3.05, 3.63) is 68.7 Å². The van der Waals surface area contributed by atoms with Crippen molar-refractivity contribution < 1.29 is 8.78 Å². The zero-order valence-corrected chi connectivity index (χ0v) is 13.8. The van der Waals surface area contributed by atoms with Gasteiger partial charge in [-0.3, -0.25) is 0 Å². The molecule has 5 heteroatoms. The summed E-state index contributed by atoms with van der Waals surface area (Å²) in [6, 6.07) is 8.46. The van der Waals surface area contributed by atoms with Crippen LogP contribution in [-0.4, -0.2) is 6.54 Å². The van der Waals surface area contributed by atoms with Crippen LogP contribution in [0.2, 0.25) is 5.02 Å². The van der Waals surface area contributed by atoms with Gasteiger partial charge in [-0.1, -0.05) is 34.5 Å². The van der Waals surface area contributed by atoms with E-state index in [2.05, 4.69) is 21.2 Å². The van der Waals surface area contributed by atoms with Crippen LogP contribution in [0.5, 0.6) is 0 Å². The van der Waals surface area contributed by atoms with E-state index >= 15 is 0 Å². The summed E-state index contributed by atoms with van der Waals surface area (Å²) in [5, 5.41) is 3.74. The lowest BCUT2D eigenvalue weighted by Gasteiger charge is -2.21. The Labute approximate surface area is 136 Å². The van der Waals surface area contributed by atoms with Gasteiger partial charge < -0.3 is 5.32 Å². The fourth-order valence-corrected chi connectivity index (χ4v) is 2.88. The van der Waals surface area contributed by atoms with Crippen LogP contribution in [0.25, 0.3) is 0 Å². The highest BCUT2D eigenvalue weighted by Crippen LogP contribution is 2.31. The highest BCUT2D eigenvalue weighted by Gasteiger charge is 2.18. The lowest BCUT2D eigenvalue weighted by atomic mass is 9.98. The van der Waals surface area contributed by atoms with E-state index in [1.54, 1.807) is 6.07 Å². The summed E-state index contributed by atoms with van der Waals surface area (Å²) in [6.45, 7) is 2.74. The maximum Gasteiger partial charge on any atom is 0.124 e. The SMILES string of the molecule is CCCNC(c1cc(F)cc(Br)c1)c1cc(F)ccc1Cl. The number of halogens is 4. The van der Waals surface area contributed by atoms with Crippen molar-refractivity contribution in [1.82, 2.24) is 5.32 Å². The highest BCUT2D eigenvalue weighted by atomic mass is 79.9. The Morgan fingerprint density at radius 2 is 1.90 bits per heavy atom. The van der Waals surface area contributed by atoms with E-state index in [1.807, 2.05) is 6.92 Å². The molecule has 1 nitrogen and oxygen atoms in total. The Hall–Kier alpha value is -0.970. The van der Waals surface area contributed by atoms with Crippen LogP contribution in [-0.2, 0) is 0 Å². The van der Waals surface area contributed by atoms with E-state index in [1.165, 1.54) is 30.3 Å². The number of nitrogens with one attached hydrogen (secondary N) is 1. The minimum absolute atomic E-state index is 0.352. The van der Waals surface area contributed by atoms with Crippen molar-refractivity contribution in [3.8, 4) is 0 Å². The van der Waals surface area contributed by atoms with Gasteiger partial charge in [-0.05, 0) is 60.5 Å². The molecule has 0 aliphatic carbocycles. The molecule has 0 saturated heterocycles. The molecule has 2 rings (SSSR count). The molecule has 0 amide bonds. The second kappa shape index (κ2) is 7.34. The average molecular weight is 375 g/mol. The van der Waals surface area contributed by atoms with Gasteiger partial charge in [0.1, 0.15) is 11.6 Å². The minimum atomic E-state index is -0.367. The highest BCUT2D eigenvalue weighted by molar-refractivity contribution is 9.10. The fourth-order valence-electron chi connectivity index (χ4n) is 2.17. The molecule has 0 bridgehead atoms. The second-order valence-corrected chi connectivity index (χ2v) is 6.08. The van der Waals surface area contributed by atoms with E-state index in [9.17, 15) is 8.78 Å². The first kappa shape index (κ1) is 16.4. The van der Waals surface area contributed by atoms with Gasteiger partial charge in [-0.2, -0.15) is 0 Å². The van der Waals surface area contributed by atoms with Crippen molar-refractivity contribution in [2.24, 2.45) is 0 Å². The van der Waals surface area contributed by atoms with Crippen molar-refractivity contribution >= 4 is 27.5 Å². The third-order valence-electron chi connectivity index (χ3n) is 3.09. The number of hydrogen-bond acceptors (Lipinski definition) is 1. The number of hydrogen-bond donors (Lipinski definition) is 1. The largest absolute Gasteiger partial charge is 0.306 e. The third kappa shape index (κ3) is 4.25. The van der Waals surface area contributed by atoms with E-state index in [0.717, 1.165) is 6.42 Å². The molecule has 1 unspecified atom stereocenters. The van der Waals surface area contributed by atoms with Crippen LogP contribution in [0.15, 0.2) is 40.9 Å². The first-order valence-corrected chi connectivity index (χ1v) is 7.82. The molecule has 0 aliphatic heterocycles. The van der Waals surface area contributed by atoms with Crippen LogP contribution in [0.3, 0.4) is 0 Å². The van der Waals surface area contributed by atoms with Gasteiger partial charge in [0.15, 0.2) is 0 Å². The molecule has 0 aliphatic rings. The molecular weight excluding hydrogens is 360 g/mol. The molecule has 1 atom stereocenters. The van der Waals surface area contributed by atoms with Crippen molar-refractivity contribution in [3.63, 3.8) is 0 Å². The molecule has 1 N–H and O–H groups in total. The Morgan fingerprint density at radius 1 is 1.14 bits per heavy atom. The van der Waals surface area contributed by atoms with E-state index in [4.69, 9.17) is 11.6 Å². The van der Waals surface area contributed by atoms with Crippen LogP contribution in [0.1, 0.15) is 30.5 Å². The summed E-state index contributed by atoms with van der Waals surface area (Å²) in [5.41, 5.74) is 1.30. The van der Waals surface area contributed by atoms with Crippen LogP contribution >= 0.6 is 27.5 Å². The zero-order chi connectivity index (χ0) is 15.4. The smallest absolute Gasteiger partial charge is 0.124 e. The van der Waals surface area contributed by atoms with Gasteiger partial charge in [0.2, 0.25) is 0 Å². The van der Waals surface area contributed by atoms with Crippen molar-refractivity contribution in [2.45, 2.75) is 19.4 Å². The zero-order valence-electron chi connectivity index (χ0n) is 11.5. The summed E-state index contributed by atoms with van der Waals surface area (Å²) in [5.74, 6) is -0.719. The molecule has 0 saturated carbocycles.